The van der Waals surface area contributed by atoms with E-state index in [1.165, 1.54) is 0 Å². The molecule has 0 radical (unpaired) electrons. The third-order valence-corrected chi connectivity index (χ3v) is 2.74. The number of ether oxygens (including phenoxy) is 1. The Bertz CT molecular complexity index is 433. The number of anilines is 2. The Morgan fingerprint density at radius 3 is 2.74 bits per heavy atom. The largest absolute Gasteiger partial charge is 0.497 e. The minimum Gasteiger partial charge on any atom is -0.497 e. The lowest BCUT2D eigenvalue weighted by molar-refractivity contribution is -0.119. The normalized spacial score (nSPS) is 10.4. The summed E-state index contributed by atoms with van der Waals surface area (Å²) in [5.74, 6) is 1.15. The molecule has 106 valence electrons. The predicted molar refractivity (Wildman–Crippen MR) is 78.5 cm³/mol. The fraction of sp³-hybridized carbons (Fsp3) is 0.500. The van der Waals surface area contributed by atoms with Gasteiger partial charge in [-0.25, -0.2) is 0 Å². The Morgan fingerprint density at radius 1 is 1.47 bits per heavy atom. The molecule has 0 heterocycles. The van der Waals surface area contributed by atoms with Gasteiger partial charge in [0.15, 0.2) is 0 Å². The number of methoxy groups -OCH3 is 1. The predicted octanol–water partition coefficient (Wildman–Crippen LogP) is 1.49. The first-order valence-electron chi connectivity index (χ1n) is 6.35. The zero-order chi connectivity index (χ0) is 14.4. The van der Waals surface area contributed by atoms with Crippen molar-refractivity contribution in [1.29, 1.82) is 0 Å². The summed E-state index contributed by atoms with van der Waals surface area (Å²) in [5.41, 5.74) is 7.33. The van der Waals surface area contributed by atoms with Gasteiger partial charge in [0.1, 0.15) is 5.75 Å². The number of likely N-dealkylation sites (N-methyl/N-ethyl adjacent to an activating group) is 1. The maximum atomic E-state index is 11.8. The van der Waals surface area contributed by atoms with E-state index < -0.39 is 0 Å². The molecular formula is C14H23N3O2. The topological polar surface area (TPSA) is 67.6 Å². The number of nitrogens with zero attached hydrogens (tertiary/aromatic N) is 1. The van der Waals surface area contributed by atoms with Gasteiger partial charge >= 0.3 is 0 Å². The van der Waals surface area contributed by atoms with Gasteiger partial charge in [-0.05, 0) is 18.1 Å². The third-order valence-electron chi connectivity index (χ3n) is 2.74. The van der Waals surface area contributed by atoms with Crippen LogP contribution in [0.3, 0.4) is 0 Å². The average molecular weight is 265 g/mol. The second-order valence-electron chi connectivity index (χ2n) is 4.98. The lowest BCUT2D eigenvalue weighted by Gasteiger charge is -2.21. The third kappa shape index (κ3) is 4.69. The molecule has 0 aliphatic carbocycles. The number of hydrogen-bond donors (Lipinski definition) is 2. The van der Waals surface area contributed by atoms with Crippen LogP contribution in [0.25, 0.3) is 0 Å². The van der Waals surface area contributed by atoms with Crippen molar-refractivity contribution >= 4 is 17.3 Å². The fourth-order valence-corrected chi connectivity index (χ4v) is 1.66. The van der Waals surface area contributed by atoms with E-state index >= 15 is 0 Å². The van der Waals surface area contributed by atoms with Crippen molar-refractivity contribution in [2.75, 3.05) is 37.9 Å². The minimum absolute atomic E-state index is 0.0154. The van der Waals surface area contributed by atoms with Crippen LogP contribution in [-0.2, 0) is 4.79 Å². The number of carbonyl (C=O) groups excluding carboxylic acids is 1. The Morgan fingerprint density at radius 2 is 2.16 bits per heavy atom. The summed E-state index contributed by atoms with van der Waals surface area (Å²) in [6.45, 7) is 5.07. The van der Waals surface area contributed by atoms with E-state index in [1.54, 1.807) is 19.2 Å². The van der Waals surface area contributed by atoms with Crippen LogP contribution in [0.5, 0.6) is 5.75 Å². The molecule has 0 aliphatic heterocycles. The summed E-state index contributed by atoms with van der Waals surface area (Å²) in [6.07, 6.45) is 0. The second kappa shape index (κ2) is 6.87. The maximum absolute atomic E-state index is 11.8. The molecule has 0 fully saturated rings. The van der Waals surface area contributed by atoms with Gasteiger partial charge in [-0.3, -0.25) is 4.79 Å². The molecule has 0 aromatic heterocycles. The average Bonchev–Trinajstić information content (AvgIpc) is 2.36. The fourth-order valence-electron chi connectivity index (χ4n) is 1.66. The Kier molecular flexibility index (Phi) is 5.48. The first-order chi connectivity index (χ1) is 8.93. The number of nitrogens with one attached hydrogen (secondary N) is 1. The quantitative estimate of drug-likeness (QED) is 0.765. The highest BCUT2D eigenvalue weighted by Crippen LogP contribution is 2.26. The molecule has 0 saturated heterocycles. The summed E-state index contributed by atoms with van der Waals surface area (Å²) in [4.78, 5) is 13.6. The summed E-state index contributed by atoms with van der Waals surface area (Å²) < 4.78 is 5.16. The van der Waals surface area contributed by atoms with Crippen LogP contribution in [-0.4, -0.2) is 33.2 Å². The summed E-state index contributed by atoms with van der Waals surface area (Å²) in [7, 11) is 3.44. The number of nitrogens with two attached hydrogens (primary N) is 1. The molecule has 0 spiro atoms. The van der Waals surface area contributed by atoms with E-state index in [4.69, 9.17) is 10.5 Å². The number of carbonyl (C=O) groups is 1. The van der Waals surface area contributed by atoms with Crippen molar-refractivity contribution in [3.63, 3.8) is 0 Å². The number of hydrogen-bond acceptors (Lipinski definition) is 4. The smallest absolute Gasteiger partial charge is 0.239 e. The molecular weight excluding hydrogens is 242 g/mol. The van der Waals surface area contributed by atoms with E-state index in [0.717, 1.165) is 11.4 Å². The summed E-state index contributed by atoms with van der Waals surface area (Å²) in [5, 5.41) is 2.88. The van der Waals surface area contributed by atoms with E-state index in [9.17, 15) is 4.79 Å². The van der Waals surface area contributed by atoms with Crippen LogP contribution in [0.4, 0.5) is 11.4 Å². The molecule has 1 amide bonds. The van der Waals surface area contributed by atoms with Crippen LogP contribution in [0.15, 0.2) is 18.2 Å². The molecule has 5 nitrogen and oxygen atoms in total. The highest BCUT2D eigenvalue weighted by Gasteiger charge is 2.11. The molecule has 0 bridgehead atoms. The van der Waals surface area contributed by atoms with Gasteiger partial charge in [-0.2, -0.15) is 0 Å². The van der Waals surface area contributed by atoms with Crippen LogP contribution in [0.2, 0.25) is 0 Å². The molecule has 0 saturated carbocycles. The molecule has 1 aromatic rings. The van der Waals surface area contributed by atoms with Crippen molar-refractivity contribution in [3.8, 4) is 5.75 Å². The van der Waals surface area contributed by atoms with Gasteiger partial charge in [0.25, 0.3) is 0 Å². The molecule has 0 unspecified atom stereocenters. The number of rotatable bonds is 6. The molecule has 19 heavy (non-hydrogen) atoms. The van der Waals surface area contributed by atoms with Crippen molar-refractivity contribution in [2.24, 2.45) is 5.92 Å². The van der Waals surface area contributed by atoms with E-state index in [2.05, 4.69) is 19.2 Å². The van der Waals surface area contributed by atoms with Crippen LogP contribution in [0.1, 0.15) is 13.8 Å². The van der Waals surface area contributed by atoms with Crippen LogP contribution in [0, 0.1) is 5.92 Å². The molecule has 0 atom stereocenters. The first kappa shape index (κ1) is 15.1. The zero-order valence-electron chi connectivity index (χ0n) is 12.1. The van der Waals surface area contributed by atoms with Crippen molar-refractivity contribution < 1.29 is 9.53 Å². The van der Waals surface area contributed by atoms with Gasteiger partial charge in [0.2, 0.25) is 5.91 Å². The lowest BCUT2D eigenvalue weighted by atomic mass is 10.2. The highest BCUT2D eigenvalue weighted by atomic mass is 16.5. The molecule has 1 rings (SSSR count). The Hall–Kier alpha value is -1.91. The maximum Gasteiger partial charge on any atom is 0.239 e. The molecule has 1 aromatic carbocycles. The molecule has 0 aliphatic rings. The van der Waals surface area contributed by atoms with Crippen molar-refractivity contribution in [2.45, 2.75) is 13.8 Å². The van der Waals surface area contributed by atoms with Gasteiger partial charge in [0, 0.05) is 19.7 Å². The van der Waals surface area contributed by atoms with Crippen LogP contribution >= 0.6 is 0 Å². The summed E-state index contributed by atoms with van der Waals surface area (Å²) >= 11 is 0. The van der Waals surface area contributed by atoms with Gasteiger partial charge in [-0.1, -0.05) is 13.8 Å². The molecule has 5 heteroatoms. The SMILES string of the molecule is COc1ccc(N)c(N(C)CC(=O)NCC(C)C)c1. The van der Waals surface area contributed by atoms with Crippen molar-refractivity contribution in [3.05, 3.63) is 18.2 Å². The van der Waals surface area contributed by atoms with Gasteiger partial charge in [-0.15, -0.1) is 0 Å². The highest BCUT2D eigenvalue weighted by molar-refractivity contribution is 5.83. The van der Waals surface area contributed by atoms with E-state index in [-0.39, 0.29) is 12.5 Å². The van der Waals surface area contributed by atoms with Gasteiger partial charge in [0.05, 0.1) is 25.0 Å². The Balaban J connectivity index is 2.67. The van der Waals surface area contributed by atoms with Crippen molar-refractivity contribution in [1.82, 2.24) is 5.32 Å². The molecule has 3 N–H and O–H groups in total. The number of nitrogen functional groups attached to an aromatic ring is 1. The van der Waals surface area contributed by atoms with Crippen LogP contribution < -0.4 is 20.7 Å². The lowest BCUT2D eigenvalue weighted by Crippen LogP contribution is -2.37. The monoisotopic (exact) mass is 265 g/mol. The number of benzene rings is 1. The van der Waals surface area contributed by atoms with E-state index in [0.29, 0.717) is 18.2 Å². The first-order valence-corrected chi connectivity index (χ1v) is 6.35. The Labute approximate surface area is 114 Å². The van der Waals surface area contributed by atoms with Gasteiger partial charge < -0.3 is 20.7 Å². The number of amides is 1. The minimum atomic E-state index is -0.0154. The summed E-state index contributed by atoms with van der Waals surface area (Å²) in [6, 6.07) is 5.40. The second-order valence-corrected chi connectivity index (χ2v) is 4.98. The standard InChI is InChI=1S/C14H23N3O2/c1-10(2)8-16-14(18)9-17(3)13-7-11(19-4)5-6-12(13)15/h5-7,10H,8-9,15H2,1-4H3,(H,16,18). The van der Waals surface area contributed by atoms with E-state index in [1.807, 2.05) is 18.0 Å². The zero-order valence-corrected chi connectivity index (χ0v) is 12.1.